The molecule has 0 aliphatic heterocycles. The fraction of sp³-hybridized carbons (Fsp3) is 0.536. The molecule has 1 aliphatic rings. The molecule has 2 aromatic rings. The fourth-order valence-corrected chi connectivity index (χ4v) is 5.25. The molecular formula is C28H32F6N2. The van der Waals surface area contributed by atoms with Gasteiger partial charge in [0.25, 0.3) is 0 Å². The van der Waals surface area contributed by atoms with Crippen LogP contribution in [0.5, 0.6) is 0 Å². The average molecular weight is 511 g/mol. The van der Waals surface area contributed by atoms with Crippen LogP contribution in [0.25, 0.3) is 0 Å². The van der Waals surface area contributed by atoms with Crippen LogP contribution in [-0.4, -0.2) is 24.0 Å². The summed E-state index contributed by atoms with van der Waals surface area (Å²) in [6.45, 7) is 5.21. The van der Waals surface area contributed by atoms with Crippen LogP contribution in [0.1, 0.15) is 68.2 Å². The molecule has 1 saturated carbocycles. The van der Waals surface area contributed by atoms with E-state index in [9.17, 15) is 31.6 Å². The maximum Gasteiger partial charge on any atom is 0.416 e. The molecule has 1 atom stereocenters. The molecule has 0 heterocycles. The molecule has 3 rings (SSSR count). The molecule has 2 aromatic carbocycles. The monoisotopic (exact) mass is 510 g/mol. The van der Waals surface area contributed by atoms with Crippen molar-refractivity contribution < 1.29 is 26.3 Å². The number of nitriles is 1. The smallest absolute Gasteiger partial charge is 0.301 e. The Labute approximate surface area is 208 Å². The Morgan fingerprint density at radius 1 is 0.889 bits per heavy atom. The third-order valence-electron chi connectivity index (χ3n) is 7.40. The zero-order valence-electron chi connectivity index (χ0n) is 20.6. The Hall–Kier alpha value is -2.53. The highest BCUT2D eigenvalue weighted by Gasteiger charge is 2.52. The van der Waals surface area contributed by atoms with Gasteiger partial charge in [0, 0.05) is 12.6 Å². The first-order valence-corrected chi connectivity index (χ1v) is 12.4. The van der Waals surface area contributed by atoms with Gasteiger partial charge in [-0.25, -0.2) is 0 Å². The van der Waals surface area contributed by atoms with Crippen LogP contribution >= 0.6 is 0 Å². The van der Waals surface area contributed by atoms with E-state index in [0.717, 1.165) is 18.1 Å². The Morgan fingerprint density at radius 2 is 1.47 bits per heavy atom. The lowest BCUT2D eigenvalue weighted by Crippen LogP contribution is -2.42. The van der Waals surface area contributed by atoms with E-state index in [1.54, 1.807) is 0 Å². The van der Waals surface area contributed by atoms with Gasteiger partial charge in [0.15, 0.2) is 0 Å². The zero-order valence-corrected chi connectivity index (χ0v) is 20.6. The van der Waals surface area contributed by atoms with Crippen molar-refractivity contribution in [2.75, 3.05) is 13.1 Å². The molecule has 0 bridgehead atoms. The molecule has 36 heavy (non-hydrogen) atoms. The van der Waals surface area contributed by atoms with Gasteiger partial charge < -0.3 is 4.90 Å². The van der Waals surface area contributed by atoms with Gasteiger partial charge in [0.1, 0.15) is 0 Å². The SMILES string of the molecule is CC(C)N(CCCC(C#N)(c1c(C(F)(F)F)cccc1C(F)(F)F)C1CCC1)CCc1ccccc1. The van der Waals surface area contributed by atoms with Crippen molar-refractivity contribution in [2.45, 2.75) is 76.2 Å². The van der Waals surface area contributed by atoms with E-state index in [2.05, 4.69) is 4.90 Å². The van der Waals surface area contributed by atoms with Crippen molar-refractivity contribution in [3.05, 3.63) is 70.8 Å². The Morgan fingerprint density at radius 3 is 1.92 bits per heavy atom. The fourth-order valence-electron chi connectivity index (χ4n) is 5.25. The van der Waals surface area contributed by atoms with Crippen LogP contribution in [0.2, 0.25) is 0 Å². The molecule has 0 N–H and O–H groups in total. The van der Waals surface area contributed by atoms with Crippen molar-refractivity contribution in [1.82, 2.24) is 4.90 Å². The van der Waals surface area contributed by atoms with Crippen molar-refractivity contribution >= 4 is 0 Å². The van der Waals surface area contributed by atoms with E-state index >= 15 is 0 Å². The van der Waals surface area contributed by atoms with E-state index in [-0.39, 0.29) is 12.5 Å². The van der Waals surface area contributed by atoms with E-state index in [1.165, 1.54) is 0 Å². The van der Waals surface area contributed by atoms with Crippen molar-refractivity contribution in [3.8, 4) is 6.07 Å². The standard InChI is InChI=1S/C28H32F6N2/c1-20(2)36(18-15-21-9-4-3-5-10-21)17-8-16-26(19-35,22-11-6-12-22)25-23(27(29,30)31)13-7-14-24(25)28(32,33)34/h3-5,7,9-10,13-14,20,22H,6,8,11-12,15-18H2,1-2H3. The van der Waals surface area contributed by atoms with Gasteiger partial charge in [0.2, 0.25) is 0 Å². The van der Waals surface area contributed by atoms with E-state index in [4.69, 9.17) is 0 Å². The highest BCUT2D eigenvalue weighted by Crippen LogP contribution is 2.53. The van der Waals surface area contributed by atoms with Crippen LogP contribution in [0.15, 0.2) is 48.5 Å². The molecule has 0 saturated heterocycles. The van der Waals surface area contributed by atoms with E-state index < -0.39 is 40.4 Å². The van der Waals surface area contributed by atoms with Gasteiger partial charge >= 0.3 is 12.4 Å². The number of rotatable bonds is 10. The van der Waals surface area contributed by atoms with Crippen molar-refractivity contribution in [3.63, 3.8) is 0 Å². The van der Waals surface area contributed by atoms with Crippen molar-refractivity contribution in [2.24, 2.45) is 5.92 Å². The van der Waals surface area contributed by atoms with Crippen LogP contribution in [0, 0.1) is 17.2 Å². The van der Waals surface area contributed by atoms with Gasteiger partial charge in [-0.2, -0.15) is 31.6 Å². The minimum absolute atomic E-state index is 0.0566. The minimum Gasteiger partial charge on any atom is -0.301 e. The number of halogens is 6. The molecule has 0 radical (unpaired) electrons. The molecule has 2 nitrogen and oxygen atoms in total. The van der Waals surface area contributed by atoms with Crippen LogP contribution < -0.4 is 0 Å². The largest absolute Gasteiger partial charge is 0.416 e. The lowest BCUT2D eigenvalue weighted by Gasteiger charge is -2.43. The number of benzene rings is 2. The molecule has 0 spiro atoms. The van der Waals surface area contributed by atoms with Crippen molar-refractivity contribution in [1.29, 1.82) is 5.26 Å². The predicted octanol–water partition coefficient (Wildman–Crippen LogP) is 8.02. The van der Waals surface area contributed by atoms with E-state index in [1.807, 2.05) is 50.2 Å². The highest BCUT2D eigenvalue weighted by atomic mass is 19.4. The van der Waals surface area contributed by atoms with Crippen LogP contribution in [0.4, 0.5) is 26.3 Å². The molecule has 1 aliphatic carbocycles. The molecule has 1 fully saturated rings. The van der Waals surface area contributed by atoms with Gasteiger partial charge in [-0.1, -0.05) is 42.8 Å². The topological polar surface area (TPSA) is 27.0 Å². The number of alkyl halides is 6. The summed E-state index contributed by atoms with van der Waals surface area (Å²) in [5.41, 5.74) is -4.29. The summed E-state index contributed by atoms with van der Waals surface area (Å²) in [6.07, 6.45) is -7.37. The maximum absolute atomic E-state index is 14.0. The lowest BCUT2D eigenvalue weighted by atomic mass is 9.59. The molecule has 0 aromatic heterocycles. The minimum atomic E-state index is -5.00. The number of nitrogens with zero attached hydrogens (tertiary/aromatic N) is 2. The highest BCUT2D eigenvalue weighted by molar-refractivity contribution is 5.49. The van der Waals surface area contributed by atoms with Gasteiger partial charge in [-0.15, -0.1) is 0 Å². The second kappa shape index (κ2) is 11.2. The molecule has 196 valence electrons. The summed E-state index contributed by atoms with van der Waals surface area (Å²) in [7, 11) is 0. The molecular weight excluding hydrogens is 478 g/mol. The third-order valence-corrected chi connectivity index (χ3v) is 7.40. The van der Waals surface area contributed by atoms with Crippen LogP contribution in [-0.2, 0) is 24.2 Å². The average Bonchev–Trinajstić information content (AvgIpc) is 2.78. The Balaban J connectivity index is 1.93. The first-order valence-electron chi connectivity index (χ1n) is 12.4. The molecule has 0 amide bonds. The number of hydrogen-bond donors (Lipinski definition) is 0. The second-order valence-electron chi connectivity index (χ2n) is 9.90. The summed E-state index contributed by atoms with van der Waals surface area (Å²) in [6, 6.07) is 14.1. The second-order valence-corrected chi connectivity index (χ2v) is 9.90. The van der Waals surface area contributed by atoms with Gasteiger partial charge in [0.05, 0.1) is 22.6 Å². The Kier molecular flexibility index (Phi) is 8.76. The third kappa shape index (κ3) is 6.23. The quantitative estimate of drug-likeness (QED) is 0.303. The molecule has 8 heteroatoms. The first-order chi connectivity index (χ1) is 16.9. The zero-order chi connectivity index (χ0) is 26.6. The van der Waals surface area contributed by atoms with Crippen LogP contribution in [0.3, 0.4) is 0 Å². The van der Waals surface area contributed by atoms with Gasteiger partial charge in [-0.05, 0) is 81.7 Å². The number of hydrogen-bond acceptors (Lipinski definition) is 2. The van der Waals surface area contributed by atoms with Gasteiger partial charge in [-0.3, -0.25) is 0 Å². The first kappa shape index (κ1) is 28.0. The molecule has 1 unspecified atom stereocenters. The van der Waals surface area contributed by atoms with E-state index in [0.29, 0.717) is 50.9 Å². The predicted molar refractivity (Wildman–Crippen MR) is 127 cm³/mol. The normalized spacial score (nSPS) is 16.6. The maximum atomic E-state index is 14.0. The summed E-state index contributed by atoms with van der Waals surface area (Å²) in [5, 5.41) is 10.3. The summed E-state index contributed by atoms with van der Waals surface area (Å²) < 4.78 is 84.0. The summed E-state index contributed by atoms with van der Waals surface area (Å²) in [4.78, 5) is 2.16. The summed E-state index contributed by atoms with van der Waals surface area (Å²) >= 11 is 0. The Bertz CT molecular complexity index is 1000. The summed E-state index contributed by atoms with van der Waals surface area (Å²) in [5.74, 6) is -0.538. The lowest BCUT2D eigenvalue weighted by molar-refractivity contribution is -0.145.